The van der Waals surface area contributed by atoms with Crippen molar-refractivity contribution in [3.63, 3.8) is 0 Å². The fraction of sp³-hybridized carbons (Fsp3) is 0.133. The van der Waals surface area contributed by atoms with Crippen LogP contribution in [0.15, 0.2) is 54.6 Å². The predicted octanol–water partition coefficient (Wildman–Crippen LogP) is 3.54. The Balaban J connectivity index is 2.05. The van der Waals surface area contributed by atoms with Crippen LogP contribution in [0.4, 0.5) is 10.1 Å². The summed E-state index contributed by atoms with van der Waals surface area (Å²) in [7, 11) is 0. The quantitative estimate of drug-likeness (QED) is 0.887. The molecule has 0 heterocycles. The molecule has 0 aliphatic carbocycles. The third kappa shape index (κ3) is 2.86. The second kappa shape index (κ2) is 5.83. The molecule has 0 saturated heterocycles. The van der Waals surface area contributed by atoms with E-state index in [-0.39, 0.29) is 11.7 Å². The summed E-state index contributed by atoms with van der Waals surface area (Å²) in [5.41, 5.74) is 1.36. The van der Waals surface area contributed by atoms with Gasteiger partial charge < -0.3 is 5.32 Å². The van der Waals surface area contributed by atoms with Crippen molar-refractivity contribution in [3.05, 3.63) is 66.0 Å². The van der Waals surface area contributed by atoms with Crippen molar-refractivity contribution in [2.75, 3.05) is 11.9 Å². The highest BCUT2D eigenvalue weighted by Gasteiger charge is 2.10. The Bertz CT molecular complexity index is 546. The van der Waals surface area contributed by atoms with Crippen LogP contribution in [0.3, 0.4) is 0 Å². The lowest BCUT2D eigenvalue weighted by Gasteiger charge is -2.12. The number of nitriles is 1. The molecule has 2 rings (SSSR count). The molecule has 0 aliphatic rings. The summed E-state index contributed by atoms with van der Waals surface area (Å²) >= 11 is 0. The molecule has 90 valence electrons. The van der Waals surface area contributed by atoms with Crippen LogP contribution < -0.4 is 5.32 Å². The van der Waals surface area contributed by atoms with Gasteiger partial charge in [0.15, 0.2) is 0 Å². The maximum atomic E-state index is 13.4. The van der Waals surface area contributed by atoms with E-state index in [0.717, 1.165) is 5.56 Å². The molecular weight excluding hydrogens is 227 g/mol. The third-order valence-corrected chi connectivity index (χ3v) is 2.73. The highest BCUT2D eigenvalue weighted by Crippen LogP contribution is 2.17. The second-order valence-corrected chi connectivity index (χ2v) is 3.95. The molecule has 2 aromatic carbocycles. The first-order chi connectivity index (χ1) is 8.81. The molecule has 0 spiro atoms. The Morgan fingerprint density at radius 2 is 1.72 bits per heavy atom. The Hall–Kier alpha value is -2.34. The molecule has 1 unspecified atom stereocenters. The van der Waals surface area contributed by atoms with E-state index < -0.39 is 0 Å². The largest absolute Gasteiger partial charge is 0.381 e. The van der Waals surface area contributed by atoms with Crippen molar-refractivity contribution in [2.45, 2.75) is 5.92 Å². The SMILES string of the molecule is N#CC(CNc1ccccc1F)c1ccccc1. The first kappa shape index (κ1) is 12.1. The molecule has 2 aromatic rings. The molecule has 0 aliphatic heterocycles. The summed E-state index contributed by atoms with van der Waals surface area (Å²) in [6.45, 7) is 0.390. The summed E-state index contributed by atoms with van der Waals surface area (Å²) in [6.07, 6.45) is 0. The molecule has 3 heteroatoms. The van der Waals surface area contributed by atoms with E-state index in [4.69, 9.17) is 5.26 Å². The zero-order valence-corrected chi connectivity index (χ0v) is 9.81. The molecular formula is C15H13FN2. The Kier molecular flexibility index (Phi) is 3.93. The summed E-state index contributed by atoms with van der Waals surface area (Å²) in [5.74, 6) is -0.590. The number of hydrogen-bond donors (Lipinski definition) is 1. The molecule has 1 atom stereocenters. The Morgan fingerprint density at radius 1 is 1.06 bits per heavy atom. The standard InChI is InChI=1S/C15H13FN2/c16-14-8-4-5-9-15(14)18-11-13(10-17)12-6-2-1-3-7-12/h1-9,13,18H,11H2. The lowest BCUT2D eigenvalue weighted by Crippen LogP contribution is -2.11. The van der Waals surface area contributed by atoms with Crippen LogP contribution in [0.1, 0.15) is 11.5 Å². The van der Waals surface area contributed by atoms with E-state index in [9.17, 15) is 4.39 Å². The summed E-state index contributed by atoms with van der Waals surface area (Å²) in [5, 5.41) is 12.1. The van der Waals surface area contributed by atoms with Crippen LogP contribution in [0.5, 0.6) is 0 Å². The minimum atomic E-state index is -0.303. The fourth-order valence-electron chi connectivity index (χ4n) is 1.74. The van der Waals surface area contributed by atoms with Gasteiger partial charge in [0.05, 0.1) is 17.7 Å². The number of hydrogen-bond acceptors (Lipinski definition) is 2. The highest BCUT2D eigenvalue weighted by molar-refractivity contribution is 5.45. The molecule has 0 amide bonds. The van der Waals surface area contributed by atoms with Gasteiger partial charge in [-0.2, -0.15) is 5.26 Å². The third-order valence-electron chi connectivity index (χ3n) is 2.73. The van der Waals surface area contributed by atoms with Crippen molar-refractivity contribution in [3.8, 4) is 6.07 Å². The molecule has 0 saturated carbocycles. The summed E-state index contributed by atoms with van der Waals surface area (Å²) in [6, 6.07) is 18.2. The predicted molar refractivity (Wildman–Crippen MR) is 69.7 cm³/mol. The van der Waals surface area contributed by atoms with Gasteiger partial charge >= 0.3 is 0 Å². The van der Waals surface area contributed by atoms with Gasteiger partial charge in [0.25, 0.3) is 0 Å². The topological polar surface area (TPSA) is 35.8 Å². The Labute approximate surface area is 106 Å². The minimum absolute atomic E-state index is 0.286. The number of nitrogens with one attached hydrogen (secondary N) is 1. The van der Waals surface area contributed by atoms with E-state index in [1.807, 2.05) is 30.3 Å². The average molecular weight is 240 g/mol. The first-order valence-electron chi connectivity index (χ1n) is 5.74. The summed E-state index contributed by atoms with van der Waals surface area (Å²) in [4.78, 5) is 0. The number of anilines is 1. The van der Waals surface area contributed by atoms with Crippen molar-refractivity contribution in [1.82, 2.24) is 0 Å². The van der Waals surface area contributed by atoms with Gasteiger partial charge in [-0.05, 0) is 17.7 Å². The number of rotatable bonds is 4. The van der Waals surface area contributed by atoms with Gasteiger partial charge in [-0.1, -0.05) is 42.5 Å². The van der Waals surface area contributed by atoms with E-state index in [2.05, 4.69) is 11.4 Å². The maximum absolute atomic E-state index is 13.4. The van der Waals surface area contributed by atoms with E-state index >= 15 is 0 Å². The van der Waals surface area contributed by atoms with Crippen LogP contribution in [0.2, 0.25) is 0 Å². The molecule has 0 fully saturated rings. The van der Waals surface area contributed by atoms with Crippen molar-refractivity contribution < 1.29 is 4.39 Å². The van der Waals surface area contributed by atoms with Crippen LogP contribution in [-0.4, -0.2) is 6.54 Å². The number of halogens is 1. The van der Waals surface area contributed by atoms with Crippen molar-refractivity contribution in [1.29, 1.82) is 5.26 Å². The van der Waals surface area contributed by atoms with Gasteiger partial charge in [0, 0.05) is 6.54 Å². The monoisotopic (exact) mass is 240 g/mol. The van der Waals surface area contributed by atoms with Crippen LogP contribution >= 0.6 is 0 Å². The first-order valence-corrected chi connectivity index (χ1v) is 5.74. The number of benzene rings is 2. The Morgan fingerprint density at radius 3 is 2.39 bits per heavy atom. The smallest absolute Gasteiger partial charge is 0.146 e. The minimum Gasteiger partial charge on any atom is -0.381 e. The molecule has 1 N–H and O–H groups in total. The van der Waals surface area contributed by atoms with Crippen LogP contribution in [-0.2, 0) is 0 Å². The molecule has 0 aromatic heterocycles. The normalized spacial score (nSPS) is 11.6. The van der Waals surface area contributed by atoms with E-state index in [0.29, 0.717) is 12.2 Å². The van der Waals surface area contributed by atoms with Gasteiger partial charge in [-0.25, -0.2) is 4.39 Å². The zero-order valence-electron chi connectivity index (χ0n) is 9.81. The van der Waals surface area contributed by atoms with Crippen molar-refractivity contribution in [2.24, 2.45) is 0 Å². The average Bonchev–Trinajstić information content (AvgIpc) is 2.42. The van der Waals surface area contributed by atoms with Gasteiger partial charge in [0.1, 0.15) is 5.82 Å². The lowest BCUT2D eigenvalue weighted by molar-refractivity contribution is 0.629. The van der Waals surface area contributed by atoms with Gasteiger partial charge in [0.2, 0.25) is 0 Å². The van der Waals surface area contributed by atoms with E-state index in [1.165, 1.54) is 6.07 Å². The lowest BCUT2D eigenvalue weighted by atomic mass is 10.0. The zero-order chi connectivity index (χ0) is 12.8. The molecule has 0 bridgehead atoms. The highest BCUT2D eigenvalue weighted by atomic mass is 19.1. The van der Waals surface area contributed by atoms with Gasteiger partial charge in [-0.15, -0.1) is 0 Å². The fourth-order valence-corrected chi connectivity index (χ4v) is 1.74. The second-order valence-electron chi connectivity index (χ2n) is 3.95. The molecule has 18 heavy (non-hydrogen) atoms. The van der Waals surface area contributed by atoms with Crippen LogP contribution in [0.25, 0.3) is 0 Å². The number of para-hydroxylation sites is 1. The number of nitrogens with zero attached hydrogens (tertiary/aromatic N) is 1. The molecule has 2 nitrogen and oxygen atoms in total. The summed E-state index contributed by atoms with van der Waals surface area (Å²) < 4.78 is 13.4. The van der Waals surface area contributed by atoms with Crippen molar-refractivity contribution >= 4 is 5.69 Å². The molecule has 0 radical (unpaired) electrons. The van der Waals surface area contributed by atoms with Crippen LogP contribution in [0, 0.1) is 17.1 Å². The van der Waals surface area contributed by atoms with E-state index in [1.54, 1.807) is 18.2 Å². The maximum Gasteiger partial charge on any atom is 0.146 e. The van der Waals surface area contributed by atoms with Gasteiger partial charge in [-0.3, -0.25) is 0 Å².